The van der Waals surface area contributed by atoms with Gasteiger partial charge in [-0.3, -0.25) is 0 Å². The largest absolute Gasteiger partial charge is 0.479 e. The monoisotopic (exact) mass is 497 g/mol. The molecule has 3 rings (SSSR count). The minimum atomic E-state index is -4.41. The van der Waals surface area contributed by atoms with Gasteiger partial charge in [0.1, 0.15) is 17.2 Å². The van der Waals surface area contributed by atoms with Crippen LogP contribution in [0.3, 0.4) is 0 Å². The van der Waals surface area contributed by atoms with Gasteiger partial charge in [-0.15, -0.1) is 0 Å². The van der Waals surface area contributed by atoms with E-state index in [9.17, 15) is 18.0 Å². The smallest absolute Gasteiger partial charge is 0.416 e. The summed E-state index contributed by atoms with van der Waals surface area (Å²) in [6, 6.07) is 15.4. The third-order valence-electron chi connectivity index (χ3n) is 4.21. The second kappa shape index (κ2) is 10.6. The van der Waals surface area contributed by atoms with E-state index in [4.69, 9.17) is 37.5 Å². The van der Waals surface area contributed by atoms with Crippen LogP contribution >= 0.6 is 23.2 Å². The number of carbonyl (C=O) groups excluding carboxylic acids is 1. The predicted octanol–water partition coefficient (Wildman–Crippen LogP) is 7.15. The van der Waals surface area contributed by atoms with E-state index >= 15 is 0 Å². The minimum absolute atomic E-state index is 0.241. The molecule has 172 valence electrons. The Balaban J connectivity index is 1.53. The van der Waals surface area contributed by atoms with Gasteiger partial charge in [0.15, 0.2) is 6.10 Å². The zero-order valence-electron chi connectivity index (χ0n) is 17.0. The normalized spacial score (nSPS) is 12.4. The van der Waals surface area contributed by atoms with Crippen LogP contribution in [-0.2, 0) is 15.8 Å². The SMILES string of the molecule is CC(Oc1ccc(Oc2ccc(C(F)(F)F)cc2)cc1)C(=O)ON=Cc1c(Cl)cccc1Cl. The van der Waals surface area contributed by atoms with Crippen LogP contribution in [0.4, 0.5) is 13.2 Å². The number of hydrogen-bond donors (Lipinski definition) is 0. The Morgan fingerprint density at radius 3 is 1.97 bits per heavy atom. The van der Waals surface area contributed by atoms with Crippen LogP contribution in [0.2, 0.25) is 10.0 Å². The van der Waals surface area contributed by atoms with E-state index in [1.165, 1.54) is 37.4 Å². The van der Waals surface area contributed by atoms with Gasteiger partial charge in [0.05, 0.1) is 21.8 Å². The number of benzene rings is 3. The zero-order valence-corrected chi connectivity index (χ0v) is 18.5. The first-order valence-electron chi connectivity index (χ1n) is 9.43. The Kier molecular flexibility index (Phi) is 7.84. The van der Waals surface area contributed by atoms with Crippen LogP contribution in [-0.4, -0.2) is 18.3 Å². The van der Waals surface area contributed by atoms with Crippen molar-refractivity contribution < 1.29 is 32.3 Å². The number of oxime groups is 1. The van der Waals surface area contributed by atoms with Gasteiger partial charge < -0.3 is 14.3 Å². The molecule has 0 saturated carbocycles. The summed E-state index contributed by atoms with van der Waals surface area (Å²) in [6.07, 6.45) is -4.17. The van der Waals surface area contributed by atoms with Gasteiger partial charge >= 0.3 is 12.1 Å². The maximum atomic E-state index is 12.6. The lowest BCUT2D eigenvalue weighted by Crippen LogP contribution is -2.24. The summed E-state index contributed by atoms with van der Waals surface area (Å²) < 4.78 is 48.9. The summed E-state index contributed by atoms with van der Waals surface area (Å²) >= 11 is 12.0. The lowest BCUT2D eigenvalue weighted by atomic mass is 10.2. The first kappa shape index (κ1) is 24.4. The molecule has 1 atom stereocenters. The molecule has 0 aliphatic heterocycles. The van der Waals surface area contributed by atoms with Crippen LogP contribution < -0.4 is 9.47 Å². The first-order chi connectivity index (χ1) is 15.6. The number of ether oxygens (including phenoxy) is 2. The summed E-state index contributed by atoms with van der Waals surface area (Å²) in [7, 11) is 0. The van der Waals surface area contributed by atoms with Crippen molar-refractivity contribution in [3.8, 4) is 17.2 Å². The molecule has 1 unspecified atom stereocenters. The van der Waals surface area contributed by atoms with Crippen molar-refractivity contribution in [2.45, 2.75) is 19.2 Å². The van der Waals surface area contributed by atoms with Crippen molar-refractivity contribution in [2.24, 2.45) is 5.16 Å². The van der Waals surface area contributed by atoms with Crippen LogP contribution in [0.15, 0.2) is 71.9 Å². The predicted molar refractivity (Wildman–Crippen MR) is 118 cm³/mol. The number of alkyl halides is 3. The number of rotatable bonds is 7. The van der Waals surface area contributed by atoms with Crippen molar-refractivity contribution in [1.29, 1.82) is 0 Å². The Hall–Kier alpha value is -3.23. The summed E-state index contributed by atoms with van der Waals surface area (Å²) in [5, 5.41) is 4.30. The highest BCUT2D eigenvalue weighted by Crippen LogP contribution is 2.31. The molecule has 0 bridgehead atoms. The third-order valence-corrected chi connectivity index (χ3v) is 4.87. The van der Waals surface area contributed by atoms with E-state index in [0.717, 1.165) is 12.1 Å². The average Bonchev–Trinajstić information content (AvgIpc) is 2.76. The van der Waals surface area contributed by atoms with E-state index in [-0.39, 0.29) is 5.75 Å². The van der Waals surface area contributed by atoms with Crippen molar-refractivity contribution in [1.82, 2.24) is 0 Å². The van der Waals surface area contributed by atoms with Gasteiger partial charge in [0.2, 0.25) is 0 Å². The molecule has 3 aromatic rings. The standard InChI is InChI=1S/C23H16Cl2F3NO4/c1-14(22(30)33-29-13-19-20(24)3-2-4-21(19)25)31-16-9-11-18(12-10-16)32-17-7-5-15(6-8-17)23(26,27)28/h2-14H,1H3. The van der Waals surface area contributed by atoms with E-state index in [1.54, 1.807) is 30.3 Å². The van der Waals surface area contributed by atoms with Gasteiger partial charge in [-0.1, -0.05) is 34.4 Å². The molecular weight excluding hydrogens is 482 g/mol. The van der Waals surface area contributed by atoms with Crippen LogP contribution in [0.1, 0.15) is 18.1 Å². The molecule has 10 heteroatoms. The highest BCUT2D eigenvalue weighted by Gasteiger charge is 2.30. The highest BCUT2D eigenvalue weighted by atomic mass is 35.5. The van der Waals surface area contributed by atoms with E-state index in [0.29, 0.717) is 27.1 Å². The second-order valence-electron chi connectivity index (χ2n) is 6.64. The summed E-state index contributed by atoms with van der Waals surface area (Å²) in [6.45, 7) is 1.48. The van der Waals surface area contributed by atoms with Crippen LogP contribution in [0, 0.1) is 0 Å². The number of nitrogens with zero attached hydrogens (tertiary/aromatic N) is 1. The molecule has 33 heavy (non-hydrogen) atoms. The van der Waals surface area contributed by atoms with Crippen molar-refractivity contribution in [3.63, 3.8) is 0 Å². The Morgan fingerprint density at radius 2 is 1.42 bits per heavy atom. The Bertz CT molecular complexity index is 1110. The van der Waals surface area contributed by atoms with Gasteiger partial charge in [-0.25, -0.2) is 4.79 Å². The Morgan fingerprint density at radius 1 is 0.909 bits per heavy atom. The first-order valence-corrected chi connectivity index (χ1v) is 10.2. The zero-order chi connectivity index (χ0) is 24.0. The Labute approximate surface area is 197 Å². The molecule has 0 radical (unpaired) electrons. The van der Waals surface area contributed by atoms with Gasteiger partial charge in [0, 0.05) is 5.56 Å². The molecule has 0 aliphatic rings. The van der Waals surface area contributed by atoms with E-state index in [2.05, 4.69) is 5.16 Å². The topological polar surface area (TPSA) is 57.1 Å². The number of hydrogen-bond acceptors (Lipinski definition) is 5. The lowest BCUT2D eigenvalue weighted by molar-refractivity contribution is -0.151. The van der Waals surface area contributed by atoms with Crippen LogP contribution in [0.25, 0.3) is 0 Å². The maximum Gasteiger partial charge on any atom is 0.416 e. The fourth-order valence-corrected chi connectivity index (χ4v) is 3.02. The molecular formula is C23H16Cl2F3NO4. The molecule has 0 N–H and O–H groups in total. The molecule has 0 aromatic heterocycles. The molecule has 3 aromatic carbocycles. The van der Waals surface area contributed by atoms with Gasteiger partial charge in [-0.05, 0) is 67.6 Å². The maximum absolute atomic E-state index is 12.6. The van der Waals surface area contributed by atoms with Crippen molar-refractivity contribution in [2.75, 3.05) is 0 Å². The molecule has 0 fully saturated rings. The average molecular weight is 498 g/mol. The summed E-state index contributed by atoms with van der Waals surface area (Å²) in [5.41, 5.74) is -0.357. The van der Waals surface area contributed by atoms with E-state index in [1.807, 2.05) is 0 Å². The second-order valence-corrected chi connectivity index (χ2v) is 7.45. The molecule has 0 aliphatic carbocycles. The minimum Gasteiger partial charge on any atom is -0.479 e. The molecule has 5 nitrogen and oxygen atoms in total. The number of carbonyl (C=O) groups is 1. The quantitative estimate of drug-likeness (QED) is 0.197. The molecule has 0 amide bonds. The lowest BCUT2D eigenvalue weighted by Gasteiger charge is -2.13. The third kappa shape index (κ3) is 6.87. The van der Waals surface area contributed by atoms with E-state index < -0.39 is 23.8 Å². The van der Waals surface area contributed by atoms with Crippen molar-refractivity contribution >= 4 is 35.4 Å². The van der Waals surface area contributed by atoms with Crippen molar-refractivity contribution in [3.05, 3.63) is 87.9 Å². The fraction of sp³-hybridized carbons (Fsp3) is 0.130. The fourth-order valence-electron chi connectivity index (χ4n) is 2.53. The summed E-state index contributed by atoms with van der Waals surface area (Å²) in [4.78, 5) is 16.9. The summed E-state index contributed by atoms with van der Waals surface area (Å²) in [5.74, 6) is 0.209. The van der Waals surface area contributed by atoms with Gasteiger partial charge in [0.25, 0.3) is 0 Å². The molecule has 0 heterocycles. The highest BCUT2D eigenvalue weighted by molar-refractivity contribution is 6.38. The molecule has 0 saturated heterocycles. The number of halogens is 5. The van der Waals surface area contributed by atoms with Crippen LogP contribution in [0.5, 0.6) is 17.2 Å². The molecule has 0 spiro atoms. The van der Waals surface area contributed by atoms with Gasteiger partial charge in [-0.2, -0.15) is 13.2 Å².